The number of phenolic OH excluding ortho intramolecular Hbond substituents is 1. The molecular formula is C14H23NO. The van der Waals surface area contributed by atoms with Gasteiger partial charge in [0.25, 0.3) is 0 Å². The molecule has 90 valence electrons. The number of hydrogen-bond acceptors (Lipinski definition) is 2. The fourth-order valence-electron chi connectivity index (χ4n) is 1.86. The molecule has 0 radical (unpaired) electrons. The van der Waals surface area contributed by atoms with Crippen LogP contribution in [0, 0.1) is 11.8 Å². The standard InChI is InChI=1S/C14H23NO/c1-4-15-10-13(11(2)3)8-12-6-5-7-14(16)9-12/h5-7,9,11,13,15-16H,4,8,10H2,1-3H3. The van der Waals surface area contributed by atoms with Gasteiger partial charge in [0.15, 0.2) is 0 Å². The SMILES string of the molecule is CCNCC(Cc1cccc(O)c1)C(C)C. The lowest BCUT2D eigenvalue weighted by atomic mass is 9.89. The first-order valence-corrected chi connectivity index (χ1v) is 6.12. The minimum atomic E-state index is 0.364. The highest BCUT2D eigenvalue weighted by Gasteiger charge is 2.13. The maximum absolute atomic E-state index is 9.43. The van der Waals surface area contributed by atoms with Gasteiger partial charge in [0.05, 0.1) is 0 Å². The Morgan fingerprint density at radius 3 is 2.62 bits per heavy atom. The Kier molecular flexibility index (Phi) is 5.33. The highest BCUT2D eigenvalue weighted by molar-refractivity contribution is 5.27. The van der Waals surface area contributed by atoms with E-state index >= 15 is 0 Å². The van der Waals surface area contributed by atoms with Crippen LogP contribution in [-0.2, 0) is 6.42 Å². The summed E-state index contributed by atoms with van der Waals surface area (Å²) in [5.74, 6) is 1.65. The summed E-state index contributed by atoms with van der Waals surface area (Å²) in [6, 6.07) is 7.58. The van der Waals surface area contributed by atoms with Crippen LogP contribution in [0.15, 0.2) is 24.3 Å². The quantitative estimate of drug-likeness (QED) is 0.774. The second kappa shape index (κ2) is 6.54. The van der Waals surface area contributed by atoms with Gasteiger partial charge in [-0.1, -0.05) is 32.9 Å². The van der Waals surface area contributed by atoms with Gasteiger partial charge in [-0.2, -0.15) is 0 Å². The Bertz CT molecular complexity index is 309. The number of rotatable bonds is 6. The summed E-state index contributed by atoms with van der Waals surface area (Å²) in [5, 5.41) is 12.8. The summed E-state index contributed by atoms with van der Waals surface area (Å²) >= 11 is 0. The van der Waals surface area contributed by atoms with Crippen LogP contribution in [0.2, 0.25) is 0 Å². The van der Waals surface area contributed by atoms with E-state index in [9.17, 15) is 5.11 Å². The molecule has 2 nitrogen and oxygen atoms in total. The first kappa shape index (κ1) is 13.0. The molecule has 0 heterocycles. The van der Waals surface area contributed by atoms with Crippen molar-refractivity contribution in [3.8, 4) is 5.75 Å². The van der Waals surface area contributed by atoms with Crippen LogP contribution in [-0.4, -0.2) is 18.2 Å². The predicted molar refractivity (Wildman–Crippen MR) is 68.7 cm³/mol. The highest BCUT2D eigenvalue weighted by Crippen LogP contribution is 2.19. The van der Waals surface area contributed by atoms with E-state index in [1.165, 1.54) is 5.56 Å². The topological polar surface area (TPSA) is 32.3 Å². The number of hydrogen-bond donors (Lipinski definition) is 2. The van der Waals surface area contributed by atoms with E-state index in [1.54, 1.807) is 6.07 Å². The van der Waals surface area contributed by atoms with Crippen molar-refractivity contribution in [2.45, 2.75) is 27.2 Å². The van der Waals surface area contributed by atoms with Crippen LogP contribution in [0.5, 0.6) is 5.75 Å². The Morgan fingerprint density at radius 2 is 2.06 bits per heavy atom. The predicted octanol–water partition coefficient (Wildman–Crippen LogP) is 2.82. The molecule has 0 fully saturated rings. The van der Waals surface area contributed by atoms with Crippen LogP contribution >= 0.6 is 0 Å². The first-order valence-electron chi connectivity index (χ1n) is 6.12. The van der Waals surface area contributed by atoms with E-state index in [2.05, 4.69) is 32.2 Å². The Morgan fingerprint density at radius 1 is 1.31 bits per heavy atom. The van der Waals surface area contributed by atoms with Crippen molar-refractivity contribution in [2.75, 3.05) is 13.1 Å². The molecule has 1 aromatic carbocycles. The lowest BCUT2D eigenvalue weighted by Gasteiger charge is -2.21. The van der Waals surface area contributed by atoms with Crippen LogP contribution < -0.4 is 5.32 Å². The number of aromatic hydroxyl groups is 1. The van der Waals surface area contributed by atoms with E-state index in [0.29, 0.717) is 17.6 Å². The van der Waals surface area contributed by atoms with E-state index in [0.717, 1.165) is 19.5 Å². The van der Waals surface area contributed by atoms with E-state index in [1.807, 2.05) is 12.1 Å². The minimum absolute atomic E-state index is 0.364. The maximum atomic E-state index is 9.43. The van der Waals surface area contributed by atoms with Crippen molar-refractivity contribution in [1.82, 2.24) is 5.32 Å². The second-order valence-electron chi connectivity index (χ2n) is 4.69. The van der Waals surface area contributed by atoms with Crippen LogP contribution in [0.25, 0.3) is 0 Å². The maximum Gasteiger partial charge on any atom is 0.115 e. The Balaban J connectivity index is 2.60. The Labute approximate surface area is 98.7 Å². The number of benzene rings is 1. The van der Waals surface area contributed by atoms with Crippen molar-refractivity contribution in [2.24, 2.45) is 11.8 Å². The van der Waals surface area contributed by atoms with Gasteiger partial charge >= 0.3 is 0 Å². The zero-order valence-electron chi connectivity index (χ0n) is 10.5. The molecule has 1 rings (SSSR count). The summed E-state index contributed by atoms with van der Waals surface area (Å²) in [5.41, 5.74) is 1.22. The van der Waals surface area contributed by atoms with Gasteiger partial charge in [0.2, 0.25) is 0 Å². The van der Waals surface area contributed by atoms with Gasteiger partial charge in [0, 0.05) is 0 Å². The van der Waals surface area contributed by atoms with Crippen molar-refractivity contribution in [3.63, 3.8) is 0 Å². The van der Waals surface area contributed by atoms with Crippen molar-refractivity contribution in [3.05, 3.63) is 29.8 Å². The summed E-state index contributed by atoms with van der Waals surface area (Å²) < 4.78 is 0. The van der Waals surface area contributed by atoms with Gasteiger partial charge in [-0.25, -0.2) is 0 Å². The fourth-order valence-corrected chi connectivity index (χ4v) is 1.86. The van der Waals surface area contributed by atoms with Crippen molar-refractivity contribution < 1.29 is 5.11 Å². The Hall–Kier alpha value is -1.02. The highest BCUT2D eigenvalue weighted by atomic mass is 16.3. The zero-order valence-corrected chi connectivity index (χ0v) is 10.5. The lowest BCUT2D eigenvalue weighted by Crippen LogP contribution is -2.27. The molecule has 0 amide bonds. The molecule has 0 aliphatic carbocycles. The molecule has 1 aromatic rings. The van der Waals surface area contributed by atoms with Crippen molar-refractivity contribution >= 4 is 0 Å². The molecule has 0 aliphatic heterocycles. The first-order chi connectivity index (χ1) is 7.63. The smallest absolute Gasteiger partial charge is 0.115 e. The number of phenols is 1. The zero-order chi connectivity index (χ0) is 12.0. The average Bonchev–Trinajstić information content (AvgIpc) is 2.24. The lowest BCUT2D eigenvalue weighted by molar-refractivity contribution is 0.363. The normalized spacial score (nSPS) is 13.0. The molecule has 0 aliphatic rings. The molecule has 0 bridgehead atoms. The molecule has 16 heavy (non-hydrogen) atoms. The molecule has 2 N–H and O–H groups in total. The van der Waals surface area contributed by atoms with Crippen LogP contribution in [0.4, 0.5) is 0 Å². The molecule has 0 saturated heterocycles. The summed E-state index contributed by atoms with van der Waals surface area (Å²) in [7, 11) is 0. The third-order valence-corrected chi connectivity index (χ3v) is 3.01. The molecule has 1 unspecified atom stereocenters. The molecule has 0 aromatic heterocycles. The van der Waals surface area contributed by atoms with E-state index in [-0.39, 0.29) is 0 Å². The second-order valence-corrected chi connectivity index (χ2v) is 4.69. The van der Waals surface area contributed by atoms with Gasteiger partial charge in [-0.15, -0.1) is 0 Å². The summed E-state index contributed by atoms with van der Waals surface area (Å²) in [4.78, 5) is 0. The summed E-state index contributed by atoms with van der Waals surface area (Å²) in [6.07, 6.45) is 1.03. The van der Waals surface area contributed by atoms with Gasteiger partial charge in [-0.05, 0) is 49.0 Å². The van der Waals surface area contributed by atoms with Crippen molar-refractivity contribution in [1.29, 1.82) is 0 Å². The molecule has 0 spiro atoms. The van der Waals surface area contributed by atoms with Crippen LogP contribution in [0.1, 0.15) is 26.3 Å². The minimum Gasteiger partial charge on any atom is -0.508 e. The largest absolute Gasteiger partial charge is 0.508 e. The molecule has 0 saturated carbocycles. The fraction of sp³-hybridized carbons (Fsp3) is 0.571. The average molecular weight is 221 g/mol. The molecular weight excluding hydrogens is 198 g/mol. The van der Waals surface area contributed by atoms with Crippen LogP contribution in [0.3, 0.4) is 0 Å². The third-order valence-electron chi connectivity index (χ3n) is 3.01. The van der Waals surface area contributed by atoms with Gasteiger partial charge < -0.3 is 10.4 Å². The molecule has 2 heteroatoms. The molecule has 1 atom stereocenters. The third kappa shape index (κ3) is 4.23. The monoisotopic (exact) mass is 221 g/mol. The summed E-state index contributed by atoms with van der Waals surface area (Å²) in [6.45, 7) is 8.70. The van der Waals surface area contributed by atoms with Gasteiger partial charge in [0.1, 0.15) is 5.75 Å². The number of nitrogens with one attached hydrogen (secondary N) is 1. The van der Waals surface area contributed by atoms with Gasteiger partial charge in [-0.3, -0.25) is 0 Å². The van der Waals surface area contributed by atoms with E-state index in [4.69, 9.17) is 0 Å². The van der Waals surface area contributed by atoms with E-state index < -0.39 is 0 Å².